The van der Waals surface area contributed by atoms with Gasteiger partial charge in [0.15, 0.2) is 0 Å². The van der Waals surface area contributed by atoms with Gasteiger partial charge in [0.25, 0.3) is 0 Å². The monoisotopic (exact) mass is 288 g/mol. The van der Waals surface area contributed by atoms with E-state index in [1.54, 1.807) is 12.1 Å². The fourth-order valence-electron chi connectivity index (χ4n) is 3.33. The molecule has 0 radical (unpaired) electrons. The van der Waals surface area contributed by atoms with Crippen LogP contribution in [0.25, 0.3) is 0 Å². The Morgan fingerprint density at radius 3 is 2.43 bits per heavy atom. The number of allylic oxidation sites excluding steroid dienone is 2. The lowest BCUT2D eigenvalue weighted by atomic mass is 10.0. The van der Waals surface area contributed by atoms with Crippen molar-refractivity contribution in [2.45, 2.75) is 31.7 Å². The Morgan fingerprint density at radius 1 is 1.14 bits per heavy atom. The van der Waals surface area contributed by atoms with Gasteiger partial charge in [-0.3, -0.25) is 4.79 Å². The normalized spacial score (nSPS) is 20.1. The number of piperidine rings is 1. The number of carbonyl (C=O) groups excluding carboxylic acids is 1. The molecular formula is C16H20N2O3. The predicted molar refractivity (Wildman–Crippen MR) is 78.1 cm³/mol. The highest BCUT2D eigenvalue weighted by Crippen LogP contribution is 2.27. The fourth-order valence-corrected chi connectivity index (χ4v) is 3.33. The van der Waals surface area contributed by atoms with Crippen molar-refractivity contribution in [2.75, 3.05) is 13.1 Å². The topological polar surface area (TPSA) is 62.5 Å². The molecule has 5 nitrogen and oxygen atoms in total. The second-order valence-electron chi connectivity index (χ2n) is 5.80. The van der Waals surface area contributed by atoms with Gasteiger partial charge in [0.05, 0.1) is 0 Å². The first-order chi connectivity index (χ1) is 10.2. The molecule has 21 heavy (non-hydrogen) atoms. The fraction of sp³-hybridized carbons (Fsp3) is 0.500. The molecule has 1 aromatic heterocycles. The Morgan fingerprint density at radius 2 is 1.81 bits per heavy atom. The number of carbonyl (C=O) groups is 2. The molecule has 112 valence electrons. The van der Waals surface area contributed by atoms with Crippen LogP contribution in [0.15, 0.2) is 30.5 Å². The second kappa shape index (κ2) is 5.76. The van der Waals surface area contributed by atoms with E-state index in [1.807, 2.05) is 15.7 Å². The van der Waals surface area contributed by atoms with E-state index in [2.05, 4.69) is 12.2 Å². The van der Waals surface area contributed by atoms with E-state index in [4.69, 9.17) is 0 Å². The van der Waals surface area contributed by atoms with Crippen molar-refractivity contribution < 1.29 is 14.7 Å². The summed E-state index contributed by atoms with van der Waals surface area (Å²) in [5.41, 5.74) is 0.333. The van der Waals surface area contributed by atoms with Crippen molar-refractivity contribution in [3.63, 3.8) is 0 Å². The van der Waals surface area contributed by atoms with Crippen LogP contribution in [0.1, 0.15) is 42.2 Å². The van der Waals surface area contributed by atoms with Crippen LogP contribution in [0.4, 0.5) is 0 Å². The number of amides is 1. The molecule has 0 atom stereocenters. The quantitative estimate of drug-likeness (QED) is 0.868. The third-order valence-electron chi connectivity index (χ3n) is 4.52. The first-order valence-corrected chi connectivity index (χ1v) is 7.50. The number of hydrogen-bond donors (Lipinski definition) is 1. The minimum absolute atomic E-state index is 0.128. The zero-order chi connectivity index (χ0) is 14.8. The lowest BCUT2D eigenvalue weighted by molar-refractivity contribution is -0.136. The molecule has 2 heterocycles. The third-order valence-corrected chi connectivity index (χ3v) is 4.52. The van der Waals surface area contributed by atoms with Gasteiger partial charge in [0.1, 0.15) is 5.69 Å². The van der Waals surface area contributed by atoms with E-state index in [0.717, 1.165) is 38.8 Å². The maximum atomic E-state index is 12.4. The van der Waals surface area contributed by atoms with Gasteiger partial charge < -0.3 is 14.6 Å². The Kier molecular flexibility index (Phi) is 3.82. The van der Waals surface area contributed by atoms with E-state index >= 15 is 0 Å². The Balaban J connectivity index is 1.61. The maximum absolute atomic E-state index is 12.4. The molecule has 0 spiro atoms. The molecule has 0 saturated carbocycles. The number of hydrogen-bond acceptors (Lipinski definition) is 2. The molecule has 1 amide bonds. The van der Waals surface area contributed by atoms with Crippen LogP contribution < -0.4 is 0 Å². The summed E-state index contributed by atoms with van der Waals surface area (Å²) >= 11 is 0. The first-order valence-electron chi connectivity index (χ1n) is 7.50. The summed E-state index contributed by atoms with van der Waals surface area (Å²) in [4.78, 5) is 25.5. The number of carboxylic acid groups (broad SMARTS) is 1. The zero-order valence-electron chi connectivity index (χ0n) is 11.9. The van der Waals surface area contributed by atoms with Crippen LogP contribution in [-0.4, -0.2) is 39.5 Å². The van der Waals surface area contributed by atoms with Gasteiger partial charge in [-0.25, -0.2) is 4.79 Å². The number of aromatic nitrogens is 1. The van der Waals surface area contributed by atoms with E-state index in [9.17, 15) is 14.7 Å². The number of nitrogens with zero attached hydrogens (tertiary/aromatic N) is 2. The van der Waals surface area contributed by atoms with E-state index in [1.165, 1.54) is 0 Å². The van der Waals surface area contributed by atoms with Crippen LogP contribution in [0.3, 0.4) is 0 Å². The molecule has 0 aromatic carbocycles. The molecule has 0 bridgehead atoms. The minimum atomic E-state index is -0.893. The highest BCUT2D eigenvalue weighted by Gasteiger charge is 2.29. The van der Waals surface area contributed by atoms with Crippen LogP contribution in [0.2, 0.25) is 0 Å². The van der Waals surface area contributed by atoms with Gasteiger partial charge in [-0.05, 0) is 37.8 Å². The highest BCUT2D eigenvalue weighted by atomic mass is 16.4. The minimum Gasteiger partial charge on any atom is -0.477 e. The Bertz CT molecular complexity index is 560. The summed E-state index contributed by atoms with van der Waals surface area (Å²) < 4.78 is 1.83. The first kappa shape index (κ1) is 13.9. The van der Waals surface area contributed by atoms with Crippen LogP contribution in [-0.2, 0) is 4.79 Å². The number of carboxylic acids is 1. The smallest absolute Gasteiger partial charge is 0.352 e. The van der Waals surface area contributed by atoms with Crippen molar-refractivity contribution in [3.05, 3.63) is 36.2 Å². The van der Waals surface area contributed by atoms with Crippen molar-refractivity contribution in [3.8, 4) is 0 Å². The summed E-state index contributed by atoms with van der Waals surface area (Å²) in [6, 6.07) is 3.58. The summed E-state index contributed by atoms with van der Waals surface area (Å²) in [7, 11) is 0. The molecule has 5 heteroatoms. The summed E-state index contributed by atoms with van der Waals surface area (Å²) in [6.07, 6.45) is 9.34. The second-order valence-corrected chi connectivity index (χ2v) is 5.80. The van der Waals surface area contributed by atoms with Crippen molar-refractivity contribution in [2.24, 2.45) is 5.92 Å². The Hall–Kier alpha value is -2.04. The van der Waals surface area contributed by atoms with Gasteiger partial charge in [-0.1, -0.05) is 12.2 Å². The average Bonchev–Trinajstić information content (AvgIpc) is 3.18. The van der Waals surface area contributed by atoms with Gasteiger partial charge in [-0.15, -0.1) is 0 Å². The summed E-state index contributed by atoms with van der Waals surface area (Å²) in [5.74, 6) is -0.511. The molecule has 3 rings (SSSR count). The predicted octanol–water partition coefficient (Wildman–Crippen LogP) is 2.32. The SMILES string of the molecule is O=C(O)c1cccn1C1CCN(C(=O)C2CC=CC2)CC1. The molecule has 1 saturated heterocycles. The Labute approximate surface area is 123 Å². The summed E-state index contributed by atoms with van der Waals surface area (Å²) in [6.45, 7) is 1.44. The maximum Gasteiger partial charge on any atom is 0.352 e. The molecule has 1 aliphatic carbocycles. The van der Waals surface area contributed by atoms with Crippen LogP contribution >= 0.6 is 0 Å². The third kappa shape index (κ3) is 2.73. The van der Waals surface area contributed by atoms with E-state index in [-0.39, 0.29) is 17.9 Å². The average molecular weight is 288 g/mol. The lowest BCUT2D eigenvalue weighted by Crippen LogP contribution is -2.42. The number of rotatable bonds is 3. The largest absolute Gasteiger partial charge is 0.477 e. The molecular weight excluding hydrogens is 268 g/mol. The molecule has 1 aliphatic heterocycles. The molecule has 1 aromatic rings. The molecule has 1 fully saturated rings. The zero-order valence-corrected chi connectivity index (χ0v) is 11.9. The van der Waals surface area contributed by atoms with Gasteiger partial charge in [0, 0.05) is 31.2 Å². The highest BCUT2D eigenvalue weighted by molar-refractivity contribution is 5.85. The molecule has 1 N–H and O–H groups in total. The van der Waals surface area contributed by atoms with Crippen LogP contribution in [0, 0.1) is 5.92 Å². The number of aromatic carboxylic acids is 1. The summed E-state index contributed by atoms with van der Waals surface area (Å²) in [5, 5.41) is 9.18. The van der Waals surface area contributed by atoms with Gasteiger partial charge >= 0.3 is 5.97 Å². The lowest BCUT2D eigenvalue weighted by Gasteiger charge is -2.34. The van der Waals surface area contributed by atoms with Crippen LogP contribution in [0.5, 0.6) is 0 Å². The van der Waals surface area contributed by atoms with E-state index in [0.29, 0.717) is 5.69 Å². The van der Waals surface area contributed by atoms with Crippen molar-refractivity contribution in [1.82, 2.24) is 9.47 Å². The van der Waals surface area contributed by atoms with Gasteiger partial charge in [-0.2, -0.15) is 0 Å². The van der Waals surface area contributed by atoms with Gasteiger partial charge in [0.2, 0.25) is 5.91 Å². The van der Waals surface area contributed by atoms with Crippen molar-refractivity contribution in [1.29, 1.82) is 0 Å². The standard InChI is InChI=1S/C16H20N2O3/c19-15(12-4-1-2-5-12)17-10-7-13(8-11-17)18-9-3-6-14(18)16(20)21/h1-3,6,9,12-13H,4-5,7-8,10-11H2,(H,20,21). The van der Waals surface area contributed by atoms with E-state index < -0.39 is 5.97 Å². The molecule has 2 aliphatic rings. The molecule has 0 unspecified atom stereocenters. The number of likely N-dealkylation sites (tertiary alicyclic amines) is 1. The van der Waals surface area contributed by atoms with Crippen molar-refractivity contribution >= 4 is 11.9 Å².